The van der Waals surface area contributed by atoms with Crippen LogP contribution in [-0.4, -0.2) is 68.0 Å². The van der Waals surface area contributed by atoms with Gasteiger partial charge in [0.05, 0.1) is 16.1 Å². The number of hydrogen-bond acceptors (Lipinski definition) is 6. The minimum Gasteiger partial charge on any atom is -0.484 e. The van der Waals surface area contributed by atoms with Gasteiger partial charge >= 0.3 is 0 Å². The number of amides is 2. The number of rotatable bonds is 5. The Hall–Kier alpha value is -3.24. The molecule has 2 aliphatic heterocycles. The Balaban J connectivity index is 1.38. The average Bonchev–Trinajstić information content (AvgIpc) is 3.06. The average molecular weight is 443 g/mol. The standard InChI is InChI=1S/C21H21N3O6S/c1-14-4-2-3-5-18(14)30-13-19(25)23-8-10-24(11-9-23)31(28,29)15-6-7-17-16(12-15)20(26)21(27)22-17/h2-7,12H,8-11,13H2,1H3,(H,22,26,27). The van der Waals surface area contributed by atoms with E-state index in [0.29, 0.717) is 11.4 Å². The molecule has 2 aromatic rings. The van der Waals surface area contributed by atoms with Crippen LogP contribution >= 0.6 is 0 Å². The molecule has 0 radical (unpaired) electrons. The molecule has 2 aromatic carbocycles. The van der Waals surface area contributed by atoms with Crippen LogP contribution in [0.3, 0.4) is 0 Å². The van der Waals surface area contributed by atoms with Crippen LogP contribution in [0.2, 0.25) is 0 Å². The first-order valence-corrected chi connectivity index (χ1v) is 11.2. The fraction of sp³-hybridized carbons (Fsp3) is 0.286. The highest BCUT2D eigenvalue weighted by atomic mass is 32.2. The number of Topliss-reactive ketones (excluding diaryl/α,β-unsaturated/α-hetero) is 1. The van der Waals surface area contributed by atoms with Crippen molar-refractivity contribution < 1.29 is 27.5 Å². The molecule has 0 atom stereocenters. The van der Waals surface area contributed by atoms with Crippen molar-refractivity contribution >= 4 is 33.3 Å². The maximum Gasteiger partial charge on any atom is 0.296 e. The molecule has 0 aliphatic carbocycles. The summed E-state index contributed by atoms with van der Waals surface area (Å²) in [6.07, 6.45) is 0. The summed E-state index contributed by atoms with van der Waals surface area (Å²) in [5, 5.41) is 2.40. The van der Waals surface area contributed by atoms with E-state index < -0.39 is 21.7 Å². The van der Waals surface area contributed by atoms with Crippen LogP contribution < -0.4 is 10.1 Å². The highest BCUT2D eigenvalue weighted by molar-refractivity contribution is 7.89. The summed E-state index contributed by atoms with van der Waals surface area (Å²) in [6.45, 7) is 2.49. The number of carbonyl (C=O) groups excluding carboxylic acids is 3. The van der Waals surface area contributed by atoms with Crippen molar-refractivity contribution in [3.05, 3.63) is 53.6 Å². The lowest BCUT2D eigenvalue weighted by Crippen LogP contribution is -2.51. The Kier molecular flexibility index (Phi) is 5.50. The lowest BCUT2D eigenvalue weighted by atomic mass is 10.1. The Morgan fingerprint density at radius 1 is 1.06 bits per heavy atom. The molecule has 1 fully saturated rings. The number of ketones is 1. The fourth-order valence-electron chi connectivity index (χ4n) is 3.56. The summed E-state index contributed by atoms with van der Waals surface area (Å²) in [5.74, 6) is -1.11. The molecule has 1 saturated heterocycles. The van der Waals surface area contributed by atoms with Gasteiger partial charge in [-0.05, 0) is 36.8 Å². The van der Waals surface area contributed by atoms with Gasteiger partial charge in [-0.25, -0.2) is 8.42 Å². The van der Waals surface area contributed by atoms with Crippen LogP contribution in [-0.2, 0) is 19.6 Å². The molecule has 0 spiro atoms. The molecular formula is C21H21N3O6S. The van der Waals surface area contributed by atoms with Crippen molar-refractivity contribution in [1.82, 2.24) is 9.21 Å². The van der Waals surface area contributed by atoms with Crippen LogP contribution in [0.25, 0.3) is 0 Å². The largest absolute Gasteiger partial charge is 0.484 e. The SMILES string of the molecule is Cc1ccccc1OCC(=O)N1CCN(S(=O)(=O)c2ccc3c(c2)C(=O)C(=O)N3)CC1. The molecule has 0 saturated carbocycles. The maximum absolute atomic E-state index is 13.0. The number of anilines is 1. The molecule has 9 nitrogen and oxygen atoms in total. The number of piperazine rings is 1. The molecule has 10 heteroatoms. The maximum atomic E-state index is 13.0. The summed E-state index contributed by atoms with van der Waals surface area (Å²) < 4.78 is 32.8. The van der Waals surface area contributed by atoms with Crippen LogP contribution in [0.1, 0.15) is 15.9 Å². The number of ether oxygens (including phenoxy) is 1. The van der Waals surface area contributed by atoms with E-state index in [2.05, 4.69) is 5.32 Å². The van der Waals surface area contributed by atoms with Gasteiger partial charge in [0, 0.05) is 26.2 Å². The van der Waals surface area contributed by atoms with E-state index in [1.165, 1.54) is 22.5 Å². The molecule has 2 aliphatic rings. The zero-order valence-electron chi connectivity index (χ0n) is 16.8. The molecular weight excluding hydrogens is 422 g/mol. The third kappa shape index (κ3) is 4.04. The molecule has 0 bridgehead atoms. The van der Waals surface area contributed by atoms with Gasteiger partial charge in [-0.1, -0.05) is 18.2 Å². The van der Waals surface area contributed by atoms with Crippen LogP contribution in [0.5, 0.6) is 5.75 Å². The predicted octanol–water partition coefficient (Wildman–Crippen LogP) is 1.04. The molecule has 4 rings (SSSR count). The Labute approximate surface area is 179 Å². The Morgan fingerprint density at radius 3 is 2.48 bits per heavy atom. The zero-order chi connectivity index (χ0) is 22.2. The lowest BCUT2D eigenvalue weighted by Gasteiger charge is -2.34. The van der Waals surface area contributed by atoms with E-state index in [-0.39, 0.29) is 49.2 Å². The van der Waals surface area contributed by atoms with Crippen molar-refractivity contribution in [1.29, 1.82) is 0 Å². The molecule has 1 N–H and O–H groups in total. The minimum atomic E-state index is -3.86. The number of aryl methyl sites for hydroxylation is 1. The summed E-state index contributed by atoms with van der Waals surface area (Å²) in [7, 11) is -3.86. The van der Waals surface area contributed by atoms with Crippen LogP contribution in [0, 0.1) is 6.92 Å². The van der Waals surface area contributed by atoms with Gasteiger partial charge in [0.25, 0.3) is 17.6 Å². The quantitative estimate of drug-likeness (QED) is 0.691. The van der Waals surface area contributed by atoms with E-state index in [1.807, 2.05) is 25.1 Å². The number of hydrogen-bond donors (Lipinski definition) is 1. The number of para-hydroxylation sites is 1. The zero-order valence-corrected chi connectivity index (χ0v) is 17.6. The smallest absolute Gasteiger partial charge is 0.296 e. The van der Waals surface area contributed by atoms with E-state index in [4.69, 9.17) is 4.74 Å². The second-order valence-corrected chi connectivity index (χ2v) is 9.27. The van der Waals surface area contributed by atoms with E-state index in [0.717, 1.165) is 5.56 Å². The molecule has 162 valence electrons. The minimum absolute atomic E-state index is 0.0493. The molecule has 2 heterocycles. The Bertz CT molecular complexity index is 1170. The molecule has 0 aromatic heterocycles. The van der Waals surface area contributed by atoms with Crippen molar-refractivity contribution in [3.8, 4) is 5.75 Å². The number of carbonyl (C=O) groups is 3. The second-order valence-electron chi connectivity index (χ2n) is 7.33. The van der Waals surface area contributed by atoms with Gasteiger partial charge in [-0.2, -0.15) is 4.31 Å². The highest BCUT2D eigenvalue weighted by Gasteiger charge is 2.33. The number of nitrogens with zero attached hydrogens (tertiary/aromatic N) is 2. The third-order valence-corrected chi connectivity index (χ3v) is 7.26. The Morgan fingerprint density at radius 2 is 1.77 bits per heavy atom. The van der Waals surface area contributed by atoms with Crippen LogP contribution in [0.4, 0.5) is 5.69 Å². The van der Waals surface area contributed by atoms with Crippen molar-refractivity contribution in [2.45, 2.75) is 11.8 Å². The number of fused-ring (bicyclic) bond motifs is 1. The van der Waals surface area contributed by atoms with Gasteiger partial charge in [-0.15, -0.1) is 0 Å². The van der Waals surface area contributed by atoms with Crippen molar-refractivity contribution in [2.24, 2.45) is 0 Å². The van der Waals surface area contributed by atoms with Gasteiger partial charge < -0.3 is 15.0 Å². The van der Waals surface area contributed by atoms with Crippen molar-refractivity contribution in [3.63, 3.8) is 0 Å². The second kappa shape index (κ2) is 8.12. The predicted molar refractivity (Wildman–Crippen MR) is 111 cm³/mol. The number of sulfonamides is 1. The van der Waals surface area contributed by atoms with E-state index in [9.17, 15) is 22.8 Å². The van der Waals surface area contributed by atoms with Crippen LogP contribution in [0.15, 0.2) is 47.4 Å². The third-order valence-electron chi connectivity index (χ3n) is 5.36. The van der Waals surface area contributed by atoms with E-state index in [1.54, 1.807) is 11.0 Å². The summed E-state index contributed by atoms with van der Waals surface area (Å²) in [5.41, 5.74) is 1.28. The topological polar surface area (TPSA) is 113 Å². The first kappa shape index (κ1) is 21.0. The lowest BCUT2D eigenvalue weighted by molar-refractivity contribution is -0.134. The first-order chi connectivity index (χ1) is 14.8. The number of nitrogens with one attached hydrogen (secondary N) is 1. The fourth-order valence-corrected chi connectivity index (χ4v) is 5.01. The number of benzene rings is 2. The monoisotopic (exact) mass is 443 g/mol. The summed E-state index contributed by atoms with van der Waals surface area (Å²) in [4.78, 5) is 37.3. The highest BCUT2D eigenvalue weighted by Crippen LogP contribution is 2.27. The molecule has 2 amide bonds. The summed E-state index contributed by atoms with van der Waals surface area (Å²) in [6, 6.07) is 11.4. The van der Waals surface area contributed by atoms with Gasteiger partial charge in [0.1, 0.15) is 5.75 Å². The normalized spacial score (nSPS) is 16.7. The van der Waals surface area contributed by atoms with Gasteiger partial charge in [0.15, 0.2) is 6.61 Å². The van der Waals surface area contributed by atoms with Gasteiger partial charge in [-0.3, -0.25) is 14.4 Å². The first-order valence-electron chi connectivity index (χ1n) is 9.73. The van der Waals surface area contributed by atoms with Gasteiger partial charge in [0.2, 0.25) is 10.0 Å². The summed E-state index contributed by atoms with van der Waals surface area (Å²) >= 11 is 0. The molecule has 31 heavy (non-hydrogen) atoms. The molecule has 0 unspecified atom stereocenters. The van der Waals surface area contributed by atoms with Crippen molar-refractivity contribution in [2.75, 3.05) is 38.1 Å². The van der Waals surface area contributed by atoms with E-state index >= 15 is 0 Å².